The van der Waals surface area contributed by atoms with E-state index in [1.165, 1.54) is 0 Å². The van der Waals surface area contributed by atoms with Gasteiger partial charge in [-0.1, -0.05) is 37.3 Å². The minimum atomic E-state index is -0.371. The first-order valence-electron chi connectivity index (χ1n) is 7.40. The topological polar surface area (TPSA) is 84.2 Å². The minimum Gasteiger partial charge on any atom is -0.355 e. The number of amides is 2. The molecule has 6 heteroatoms. The second kappa shape index (κ2) is 11.0. The number of rotatable bonds is 8. The van der Waals surface area contributed by atoms with Gasteiger partial charge in [-0.3, -0.25) is 9.59 Å². The quantitative estimate of drug-likeness (QED) is 0.677. The van der Waals surface area contributed by atoms with Gasteiger partial charge in [-0.25, -0.2) is 0 Å². The number of carbonyl (C=O) groups excluding carboxylic acids is 2. The maximum atomic E-state index is 12.1. The van der Waals surface area contributed by atoms with Crippen molar-refractivity contribution in [3.05, 3.63) is 35.9 Å². The van der Waals surface area contributed by atoms with Crippen LogP contribution in [0.5, 0.6) is 0 Å². The Morgan fingerprint density at radius 2 is 1.86 bits per heavy atom. The zero-order chi connectivity index (χ0) is 15.7. The van der Waals surface area contributed by atoms with Crippen LogP contribution in [0.3, 0.4) is 0 Å². The summed E-state index contributed by atoms with van der Waals surface area (Å²) in [5.41, 5.74) is 6.57. The molecular weight excluding hydrogens is 302 g/mol. The molecule has 0 radical (unpaired) electrons. The fourth-order valence-corrected chi connectivity index (χ4v) is 1.95. The van der Waals surface area contributed by atoms with Crippen LogP contribution in [-0.4, -0.2) is 30.9 Å². The van der Waals surface area contributed by atoms with Crippen LogP contribution in [0.4, 0.5) is 0 Å². The van der Waals surface area contributed by atoms with Crippen LogP contribution >= 0.6 is 12.4 Å². The summed E-state index contributed by atoms with van der Waals surface area (Å²) in [4.78, 5) is 23.7. The third-order valence-corrected chi connectivity index (χ3v) is 3.43. The molecule has 0 fully saturated rings. The molecule has 0 aliphatic carbocycles. The molecule has 4 N–H and O–H groups in total. The minimum absolute atomic E-state index is 0. The molecule has 0 spiro atoms. The Bertz CT molecular complexity index is 454. The Hall–Kier alpha value is -1.59. The van der Waals surface area contributed by atoms with Crippen molar-refractivity contribution >= 4 is 24.2 Å². The molecule has 2 atom stereocenters. The molecule has 0 bridgehead atoms. The van der Waals surface area contributed by atoms with Crippen molar-refractivity contribution in [3.8, 4) is 0 Å². The first-order chi connectivity index (χ1) is 10.1. The lowest BCUT2D eigenvalue weighted by Crippen LogP contribution is -2.37. The van der Waals surface area contributed by atoms with Gasteiger partial charge in [0.05, 0.1) is 5.92 Å². The molecule has 2 amide bonds. The van der Waals surface area contributed by atoms with Gasteiger partial charge in [0.1, 0.15) is 0 Å². The van der Waals surface area contributed by atoms with Gasteiger partial charge in [0.2, 0.25) is 11.8 Å². The summed E-state index contributed by atoms with van der Waals surface area (Å²) in [5.74, 6) is -0.558. The summed E-state index contributed by atoms with van der Waals surface area (Å²) >= 11 is 0. The van der Waals surface area contributed by atoms with E-state index in [-0.39, 0.29) is 49.1 Å². The van der Waals surface area contributed by atoms with Crippen molar-refractivity contribution < 1.29 is 9.59 Å². The molecule has 1 aromatic rings. The van der Waals surface area contributed by atoms with Gasteiger partial charge >= 0.3 is 0 Å². The van der Waals surface area contributed by atoms with Crippen LogP contribution in [0.15, 0.2) is 30.3 Å². The van der Waals surface area contributed by atoms with Crippen molar-refractivity contribution in [2.24, 2.45) is 5.73 Å². The molecule has 0 heterocycles. The van der Waals surface area contributed by atoms with Crippen LogP contribution < -0.4 is 16.4 Å². The first-order valence-corrected chi connectivity index (χ1v) is 7.40. The highest BCUT2D eigenvalue weighted by molar-refractivity contribution is 5.85. The number of nitrogens with two attached hydrogens (primary N) is 1. The van der Waals surface area contributed by atoms with Crippen molar-refractivity contribution in [2.45, 2.75) is 38.6 Å². The second-order valence-electron chi connectivity index (χ2n) is 5.12. The van der Waals surface area contributed by atoms with Gasteiger partial charge in [0.25, 0.3) is 0 Å². The highest BCUT2D eigenvalue weighted by atomic mass is 35.5. The third kappa shape index (κ3) is 6.91. The van der Waals surface area contributed by atoms with Crippen molar-refractivity contribution in [1.82, 2.24) is 10.6 Å². The third-order valence-electron chi connectivity index (χ3n) is 3.43. The summed E-state index contributed by atoms with van der Waals surface area (Å²) in [5, 5.41) is 5.64. The first kappa shape index (κ1) is 20.4. The van der Waals surface area contributed by atoms with Gasteiger partial charge in [-0.15, -0.1) is 12.4 Å². The highest BCUT2D eigenvalue weighted by Gasteiger charge is 2.18. The lowest BCUT2D eigenvalue weighted by Gasteiger charge is -2.16. The number of carbonyl (C=O) groups is 2. The number of hydrogen-bond acceptors (Lipinski definition) is 3. The van der Waals surface area contributed by atoms with Gasteiger partial charge in [-0.05, 0) is 18.9 Å². The molecule has 0 saturated heterocycles. The lowest BCUT2D eigenvalue weighted by molar-refractivity contribution is -0.123. The summed E-state index contributed by atoms with van der Waals surface area (Å²) in [6.07, 6.45) is 1.17. The number of benzene rings is 1. The Balaban J connectivity index is 0.00000441. The summed E-state index contributed by atoms with van der Waals surface area (Å²) in [7, 11) is 0. The molecule has 0 aromatic heterocycles. The van der Waals surface area contributed by atoms with Crippen LogP contribution in [0, 0.1) is 0 Å². The fraction of sp³-hybridized carbons (Fsp3) is 0.500. The van der Waals surface area contributed by atoms with E-state index in [4.69, 9.17) is 5.73 Å². The van der Waals surface area contributed by atoms with Gasteiger partial charge in [-0.2, -0.15) is 0 Å². The Kier molecular flexibility index (Phi) is 10.2. The van der Waals surface area contributed by atoms with Crippen LogP contribution in [-0.2, 0) is 9.59 Å². The highest BCUT2D eigenvalue weighted by Crippen LogP contribution is 2.13. The molecule has 0 aliphatic heterocycles. The average molecular weight is 328 g/mol. The van der Waals surface area contributed by atoms with Crippen molar-refractivity contribution in [3.63, 3.8) is 0 Å². The summed E-state index contributed by atoms with van der Waals surface area (Å²) < 4.78 is 0. The Morgan fingerprint density at radius 1 is 1.23 bits per heavy atom. The molecule has 0 saturated carbocycles. The average Bonchev–Trinajstić information content (AvgIpc) is 2.49. The van der Waals surface area contributed by atoms with E-state index >= 15 is 0 Å². The normalized spacial score (nSPS) is 12.7. The molecular formula is C16H26ClN3O2. The zero-order valence-corrected chi connectivity index (χ0v) is 14.0. The van der Waals surface area contributed by atoms with E-state index < -0.39 is 0 Å². The predicted molar refractivity (Wildman–Crippen MR) is 91.0 cm³/mol. The Labute approximate surface area is 138 Å². The van der Waals surface area contributed by atoms with Gasteiger partial charge in [0, 0.05) is 25.6 Å². The fourth-order valence-electron chi connectivity index (χ4n) is 1.95. The molecule has 0 aliphatic rings. The molecule has 124 valence electrons. The summed E-state index contributed by atoms with van der Waals surface area (Å²) in [6.45, 7) is 4.54. The molecule has 5 nitrogen and oxygen atoms in total. The number of nitrogens with one attached hydrogen (secondary N) is 2. The molecule has 2 unspecified atom stereocenters. The monoisotopic (exact) mass is 327 g/mol. The van der Waals surface area contributed by atoms with E-state index in [1.54, 1.807) is 0 Å². The van der Waals surface area contributed by atoms with Crippen LogP contribution in [0.1, 0.15) is 38.2 Å². The van der Waals surface area contributed by atoms with E-state index in [1.807, 2.05) is 44.2 Å². The zero-order valence-electron chi connectivity index (χ0n) is 13.2. The Morgan fingerprint density at radius 3 is 2.41 bits per heavy atom. The van der Waals surface area contributed by atoms with E-state index in [2.05, 4.69) is 10.6 Å². The summed E-state index contributed by atoms with van der Waals surface area (Å²) in [6, 6.07) is 9.58. The van der Waals surface area contributed by atoms with Crippen LogP contribution in [0.2, 0.25) is 0 Å². The van der Waals surface area contributed by atoms with Gasteiger partial charge in [0.15, 0.2) is 0 Å². The molecule has 1 aromatic carbocycles. The largest absolute Gasteiger partial charge is 0.355 e. The second-order valence-corrected chi connectivity index (χ2v) is 5.12. The van der Waals surface area contributed by atoms with E-state index in [0.29, 0.717) is 6.54 Å². The van der Waals surface area contributed by atoms with Crippen molar-refractivity contribution in [2.75, 3.05) is 13.1 Å². The maximum absolute atomic E-state index is 12.1. The van der Waals surface area contributed by atoms with Gasteiger partial charge < -0.3 is 16.4 Å². The number of halogens is 1. The lowest BCUT2D eigenvalue weighted by atomic mass is 9.98. The predicted octanol–water partition coefficient (Wildman–Crippen LogP) is 1.57. The maximum Gasteiger partial charge on any atom is 0.228 e. The number of hydrogen-bond donors (Lipinski definition) is 3. The van der Waals surface area contributed by atoms with E-state index in [9.17, 15) is 9.59 Å². The molecule has 1 rings (SSSR count). The van der Waals surface area contributed by atoms with E-state index in [0.717, 1.165) is 12.0 Å². The molecule has 22 heavy (non-hydrogen) atoms. The van der Waals surface area contributed by atoms with Crippen molar-refractivity contribution in [1.29, 1.82) is 0 Å². The standard InChI is InChI=1S/C16H25N3O2.ClH/c1-3-12(2)19-15(20)9-10-18-16(21)14(11-17)13-7-5-4-6-8-13;/h4-8,12,14H,3,9-11,17H2,1-2H3,(H,18,21)(H,19,20);1H. The smallest absolute Gasteiger partial charge is 0.228 e. The SMILES string of the molecule is CCC(C)NC(=O)CCNC(=O)C(CN)c1ccccc1.Cl. The van der Waals surface area contributed by atoms with Crippen LogP contribution in [0.25, 0.3) is 0 Å².